The number of fused-ring (bicyclic) bond motifs is 1. The number of rotatable bonds is 4. The van der Waals surface area contributed by atoms with Crippen molar-refractivity contribution in [3.05, 3.63) is 68.6 Å². The number of benzene rings is 2. The Morgan fingerprint density at radius 2 is 1.92 bits per heavy atom. The van der Waals surface area contributed by atoms with Crippen molar-refractivity contribution in [2.45, 2.75) is 13.1 Å². The van der Waals surface area contributed by atoms with E-state index in [-0.39, 0.29) is 12.5 Å². The molecule has 0 atom stereocenters. The number of nitrogens with zero attached hydrogens (tertiary/aromatic N) is 2. The average Bonchev–Trinajstić information content (AvgIpc) is 2.87. The summed E-state index contributed by atoms with van der Waals surface area (Å²) in [5, 5.41) is 0.901. The van der Waals surface area contributed by atoms with Crippen LogP contribution in [0.1, 0.15) is 5.56 Å². The maximum atomic E-state index is 12.4. The highest BCUT2D eigenvalue weighted by atomic mass is 35.5. The lowest BCUT2D eigenvalue weighted by atomic mass is 10.2. The first-order valence-electron chi connectivity index (χ1n) is 7.22. The first kappa shape index (κ1) is 16.6. The number of para-hydroxylation sites is 2. The zero-order valence-corrected chi connectivity index (χ0v) is 14.3. The number of amides is 1. The smallest absolute Gasteiger partial charge is 0.408 e. The van der Waals surface area contributed by atoms with Gasteiger partial charge in [-0.2, -0.15) is 0 Å². The number of carbonyl (C=O) groups is 1. The van der Waals surface area contributed by atoms with Crippen molar-refractivity contribution < 1.29 is 9.21 Å². The number of hydrogen-bond donors (Lipinski definition) is 0. The van der Waals surface area contributed by atoms with Crippen LogP contribution in [-0.2, 0) is 17.9 Å². The molecule has 0 saturated heterocycles. The van der Waals surface area contributed by atoms with Crippen LogP contribution < -0.4 is 5.76 Å². The number of carbonyl (C=O) groups excluding carboxylic acids is 1. The standard InChI is InChI=1S/C17H14Cl2N2O3/c1-20(9-11-6-7-12(18)13(19)8-11)16(22)10-21-14-4-2-3-5-15(14)24-17(21)23/h2-8H,9-10H2,1H3. The first-order chi connectivity index (χ1) is 11.5. The van der Waals surface area contributed by atoms with Gasteiger partial charge >= 0.3 is 5.76 Å². The summed E-state index contributed by atoms with van der Waals surface area (Å²) in [5.41, 5.74) is 1.91. The molecular formula is C17H14Cl2N2O3. The molecule has 1 aromatic heterocycles. The maximum absolute atomic E-state index is 12.4. The molecule has 3 rings (SSSR count). The molecule has 124 valence electrons. The zero-order valence-electron chi connectivity index (χ0n) is 12.8. The van der Waals surface area contributed by atoms with E-state index in [1.807, 2.05) is 0 Å². The van der Waals surface area contributed by atoms with Gasteiger partial charge in [-0.25, -0.2) is 4.79 Å². The van der Waals surface area contributed by atoms with Crippen molar-refractivity contribution in [2.75, 3.05) is 7.05 Å². The van der Waals surface area contributed by atoms with Gasteiger partial charge in [-0.05, 0) is 29.8 Å². The third kappa shape index (κ3) is 3.32. The van der Waals surface area contributed by atoms with E-state index in [4.69, 9.17) is 27.6 Å². The zero-order chi connectivity index (χ0) is 17.3. The molecule has 1 heterocycles. The molecule has 0 radical (unpaired) electrons. The van der Waals surface area contributed by atoms with Crippen LogP contribution >= 0.6 is 23.2 Å². The Bertz CT molecular complexity index is 962. The van der Waals surface area contributed by atoms with Gasteiger partial charge in [0.15, 0.2) is 5.58 Å². The van der Waals surface area contributed by atoms with Gasteiger partial charge < -0.3 is 9.32 Å². The van der Waals surface area contributed by atoms with Crippen molar-refractivity contribution in [2.24, 2.45) is 0 Å². The lowest BCUT2D eigenvalue weighted by Crippen LogP contribution is -2.32. The largest absolute Gasteiger partial charge is 0.420 e. The van der Waals surface area contributed by atoms with E-state index >= 15 is 0 Å². The predicted octanol–water partition coefficient (Wildman–Crippen LogP) is 3.56. The van der Waals surface area contributed by atoms with Crippen molar-refractivity contribution in [1.82, 2.24) is 9.47 Å². The SMILES string of the molecule is CN(Cc1ccc(Cl)c(Cl)c1)C(=O)Cn1c(=O)oc2ccccc21. The number of likely N-dealkylation sites (N-methyl/N-ethyl adjacent to an activating group) is 1. The molecule has 1 amide bonds. The number of hydrogen-bond acceptors (Lipinski definition) is 3. The summed E-state index contributed by atoms with van der Waals surface area (Å²) in [6, 6.07) is 12.2. The fraction of sp³-hybridized carbons (Fsp3) is 0.176. The van der Waals surface area contributed by atoms with E-state index < -0.39 is 5.76 Å². The van der Waals surface area contributed by atoms with Crippen LogP contribution in [0.2, 0.25) is 10.0 Å². The third-order valence-electron chi connectivity index (χ3n) is 3.70. The quantitative estimate of drug-likeness (QED) is 0.711. The molecule has 0 N–H and O–H groups in total. The number of aromatic nitrogens is 1. The topological polar surface area (TPSA) is 55.5 Å². The minimum Gasteiger partial charge on any atom is -0.408 e. The van der Waals surface area contributed by atoms with Gasteiger partial charge in [0, 0.05) is 13.6 Å². The summed E-state index contributed by atoms with van der Waals surface area (Å²) < 4.78 is 6.45. The molecule has 0 aliphatic carbocycles. The van der Waals surface area contributed by atoms with Gasteiger partial charge in [-0.15, -0.1) is 0 Å². The van der Waals surface area contributed by atoms with E-state index in [0.717, 1.165) is 5.56 Å². The Hall–Kier alpha value is -2.24. The van der Waals surface area contributed by atoms with Crippen molar-refractivity contribution in [3.63, 3.8) is 0 Å². The van der Waals surface area contributed by atoms with E-state index in [1.165, 1.54) is 9.47 Å². The van der Waals surface area contributed by atoms with Gasteiger partial charge in [0.25, 0.3) is 0 Å². The summed E-state index contributed by atoms with van der Waals surface area (Å²) in [4.78, 5) is 25.9. The van der Waals surface area contributed by atoms with Crippen LogP contribution in [0, 0.1) is 0 Å². The fourth-order valence-corrected chi connectivity index (χ4v) is 2.74. The van der Waals surface area contributed by atoms with Crippen LogP contribution in [-0.4, -0.2) is 22.4 Å². The average molecular weight is 365 g/mol. The second-order valence-corrected chi connectivity index (χ2v) is 6.23. The minimum absolute atomic E-state index is 0.0896. The summed E-state index contributed by atoms with van der Waals surface area (Å²) in [6.45, 7) is 0.272. The molecule has 0 saturated carbocycles. The summed E-state index contributed by atoms with van der Waals surface area (Å²) in [6.07, 6.45) is 0. The molecule has 5 nitrogen and oxygen atoms in total. The normalized spacial score (nSPS) is 11.0. The monoisotopic (exact) mass is 364 g/mol. The summed E-state index contributed by atoms with van der Waals surface area (Å²) in [5.74, 6) is -0.762. The molecule has 24 heavy (non-hydrogen) atoms. The predicted molar refractivity (Wildman–Crippen MR) is 93.4 cm³/mol. The van der Waals surface area contributed by atoms with Crippen LogP contribution in [0.3, 0.4) is 0 Å². The lowest BCUT2D eigenvalue weighted by molar-refractivity contribution is -0.131. The highest BCUT2D eigenvalue weighted by molar-refractivity contribution is 6.42. The van der Waals surface area contributed by atoms with Crippen molar-refractivity contribution >= 4 is 40.2 Å². The molecule has 0 unspecified atom stereocenters. The molecule has 0 aliphatic heterocycles. The molecule has 2 aromatic carbocycles. The van der Waals surface area contributed by atoms with Crippen LogP contribution in [0.4, 0.5) is 0 Å². The Morgan fingerprint density at radius 3 is 2.67 bits per heavy atom. The maximum Gasteiger partial charge on any atom is 0.420 e. The number of halogens is 2. The van der Waals surface area contributed by atoms with Crippen molar-refractivity contribution in [1.29, 1.82) is 0 Å². The van der Waals surface area contributed by atoms with E-state index in [9.17, 15) is 9.59 Å². The number of oxazole rings is 1. The Morgan fingerprint density at radius 1 is 1.17 bits per heavy atom. The summed E-state index contributed by atoms with van der Waals surface area (Å²) >= 11 is 11.9. The van der Waals surface area contributed by atoms with Crippen LogP contribution in [0.15, 0.2) is 51.7 Å². The fourth-order valence-electron chi connectivity index (χ4n) is 2.42. The van der Waals surface area contributed by atoms with Crippen LogP contribution in [0.25, 0.3) is 11.1 Å². The lowest BCUT2D eigenvalue weighted by Gasteiger charge is -2.17. The highest BCUT2D eigenvalue weighted by Crippen LogP contribution is 2.23. The van der Waals surface area contributed by atoms with E-state index in [1.54, 1.807) is 49.5 Å². The minimum atomic E-state index is -0.549. The van der Waals surface area contributed by atoms with Gasteiger partial charge in [-0.3, -0.25) is 9.36 Å². The van der Waals surface area contributed by atoms with Crippen molar-refractivity contribution in [3.8, 4) is 0 Å². The second kappa shape index (κ2) is 6.71. The van der Waals surface area contributed by atoms with Gasteiger partial charge in [-0.1, -0.05) is 41.4 Å². The van der Waals surface area contributed by atoms with Gasteiger partial charge in [0.2, 0.25) is 5.91 Å². The molecule has 7 heteroatoms. The molecule has 3 aromatic rings. The summed E-state index contributed by atoms with van der Waals surface area (Å²) in [7, 11) is 1.66. The molecule has 0 spiro atoms. The molecular weight excluding hydrogens is 351 g/mol. The third-order valence-corrected chi connectivity index (χ3v) is 4.44. The first-order valence-corrected chi connectivity index (χ1v) is 7.97. The van der Waals surface area contributed by atoms with Gasteiger partial charge in [0.1, 0.15) is 6.54 Å². The van der Waals surface area contributed by atoms with E-state index in [2.05, 4.69) is 0 Å². The van der Waals surface area contributed by atoms with Gasteiger partial charge in [0.05, 0.1) is 15.6 Å². The highest BCUT2D eigenvalue weighted by Gasteiger charge is 2.15. The molecule has 0 aliphatic rings. The Labute approximate surface area is 148 Å². The Balaban J connectivity index is 1.77. The van der Waals surface area contributed by atoms with Crippen LogP contribution in [0.5, 0.6) is 0 Å². The van der Waals surface area contributed by atoms with E-state index in [0.29, 0.717) is 27.7 Å². The Kier molecular flexibility index (Phi) is 4.64. The molecule has 0 bridgehead atoms. The second-order valence-electron chi connectivity index (χ2n) is 5.42. The molecule has 0 fully saturated rings.